The van der Waals surface area contributed by atoms with E-state index >= 15 is 0 Å². The van der Waals surface area contributed by atoms with E-state index in [1.807, 2.05) is 24.3 Å². The van der Waals surface area contributed by atoms with E-state index in [4.69, 9.17) is 4.42 Å². The molecule has 1 N–H and O–H groups in total. The Hall–Kier alpha value is -1.28. The molecule has 0 spiro atoms. The molecule has 1 aromatic rings. The van der Waals surface area contributed by atoms with E-state index in [-0.39, 0.29) is 0 Å². The average Bonchev–Trinajstić information content (AvgIpc) is 2.65. The lowest BCUT2D eigenvalue weighted by atomic mass is 10.2. The average molecular weight is 191 g/mol. The molecule has 0 saturated heterocycles. The predicted molar refractivity (Wildman–Crippen MR) is 60.0 cm³/mol. The Kier molecular flexibility index (Phi) is 4.79. The van der Waals surface area contributed by atoms with Crippen LogP contribution in [0.1, 0.15) is 19.1 Å². The molecule has 1 atom stereocenters. The third kappa shape index (κ3) is 4.10. The van der Waals surface area contributed by atoms with Crippen LogP contribution in [0.25, 0.3) is 6.08 Å². The lowest BCUT2D eigenvalue weighted by Crippen LogP contribution is -2.25. The monoisotopic (exact) mass is 191 g/mol. The van der Waals surface area contributed by atoms with Crippen molar-refractivity contribution in [1.82, 2.24) is 5.32 Å². The van der Waals surface area contributed by atoms with Gasteiger partial charge in [0.15, 0.2) is 0 Å². The molecule has 2 nitrogen and oxygen atoms in total. The number of hydrogen-bond donors (Lipinski definition) is 1. The van der Waals surface area contributed by atoms with Gasteiger partial charge in [0.1, 0.15) is 5.76 Å². The van der Waals surface area contributed by atoms with Gasteiger partial charge < -0.3 is 9.73 Å². The third-order valence-corrected chi connectivity index (χ3v) is 1.93. The molecular formula is C12H17NO. The fourth-order valence-electron chi connectivity index (χ4n) is 1.16. The zero-order valence-electron chi connectivity index (χ0n) is 8.57. The van der Waals surface area contributed by atoms with E-state index in [2.05, 4.69) is 24.9 Å². The van der Waals surface area contributed by atoms with E-state index in [1.165, 1.54) is 0 Å². The molecule has 14 heavy (non-hydrogen) atoms. The van der Waals surface area contributed by atoms with Gasteiger partial charge in [0.2, 0.25) is 0 Å². The lowest BCUT2D eigenvalue weighted by Gasteiger charge is -2.08. The van der Waals surface area contributed by atoms with Gasteiger partial charge in [-0.1, -0.05) is 12.2 Å². The van der Waals surface area contributed by atoms with Crippen LogP contribution in [0.2, 0.25) is 0 Å². The van der Waals surface area contributed by atoms with Crippen LogP contribution in [-0.2, 0) is 0 Å². The van der Waals surface area contributed by atoms with E-state index in [0.29, 0.717) is 6.04 Å². The fourth-order valence-corrected chi connectivity index (χ4v) is 1.16. The highest BCUT2D eigenvalue weighted by atomic mass is 16.3. The molecule has 0 saturated carbocycles. The summed E-state index contributed by atoms with van der Waals surface area (Å²) in [5.74, 6) is 0.892. The first-order valence-electron chi connectivity index (χ1n) is 4.87. The minimum Gasteiger partial charge on any atom is -0.465 e. The van der Waals surface area contributed by atoms with Crippen molar-refractivity contribution in [2.75, 3.05) is 6.54 Å². The normalized spacial score (nSPS) is 13.2. The van der Waals surface area contributed by atoms with Crippen molar-refractivity contribution in [2.24, 2.45) is 0 Å². The van der Waals surface area contributed by atoms with Gasteiger partial charge in [0, 0.05) is 12.6 Å². The van der Waals surface area contributed by atoms with Crippen LogP contribution in [0, 0.1) is 0 Å². The molecule has 76 valence electrons. The summed E-state index contributed by atoms with van der Waals surface area (Å²) in [6, 6.07) is 4.30. The van der Waals surface area contributed by atoms with Gasteiger partial charge in [-0.15, -0.1) is 6.58 Å². The molecule has 0 aliphatic carbocycles. The first kappa shape index (κ1) is 10.8. The van der Waals surface area contributed by atoms with Crippen molar-refractivity contribution in [3.05, 3.63) is 42.9 Å². The number of hydrogen-bond acceptors (Lipinski definition) is 2. The Bertz CT molecular complexity index is 275. The minimum atomic E-state index is 0.480. The maximum absolute atomic E-state index is 5.16. The van der Waals surface area contributed by atoms with E-state index in [9.17, 15) is 0 Å². The molecule has 0 aromatic carbocycles. The van der Waals surface area contributed by atoms with Crippen molar-refractivity contribution in [3.63, 3.8) is 0 Å². The second-order valence-electron chi connectivity index (χ2n) is 3.25. The minimum absolute atomic E-state index is 0.480. The predicted octanol–water partition coefficient (Wildman–Crippen LogP) is 2.85. The summed E-state index contributed by atoms with van der Waals surface area (Å²) < 4.78 is 5.16. The van der Waals surface area contributed by atoms with Crippen molar-refractivity contribution in [3.8, 4) is 0 Å². The standard InChI is InChI=1S/C12H17NO/c1-3-6-11(2)13-9-4-7-12-8-5-10-14-12/h3-5,7-8,10-11,13H,1,6,9H2,2H3/b7-4+. The molecule has 0 aliphatic rings. The second kappa shape index (κ2) is 6.22. The molecule has 0 aliphatic heterocycles. The molecule has 1 unspecified atom stereocenters. The van der Waals surface area contributed by atoms with Crippen molar-refractivity contribution in [1.29, 1.82) is 0 Å². The summed E-state index contributed by atoms with van der Waals surface area (Å²) >= 11 is 0. The highest BCUT2D eigenvalue weighted by molar-refractivity contribution is 5.42. The van der Waals surface area contributed by atoms with Gasteiger partial charge in [-0.2, -0.15) is 0 Å². The van der Waals surface area contributed by atoms with Crippen LogP contribution in [0.4, 0.5) is 0 Å². The summed E-state index contributed by atoms with van der Waals surface area (Å²) in [5, 5.41) is 3.35. The number of rotatable bonds is 6. The maximum atomic E-state index is 5.16. The van der Waals surface area contributed by atoms with Crippen LogP contribution < -0.4 is 5.32 Å². The van der Waals surface area contributed by atoms with Crippen LogP contribution >= 0.6 is 0 Å². The Balaban J connectivity index is 2.18. The molecule has 1 rings (SSSR count). The SMILES string of the molecule is C=CCC(C)NC/C=C/c1ccco1. The van der Waals surface area contributed by atoms with Crippen molar-refractivity contribution < 1.29 is 4.42 Å². The molecule has 1 aromatic heterocycles. The number of nitrogens with one attached hydrogen (secondary N) is 1. The van der Waals surface area contributed by atoms with Crippen LogP contribution in [0.5, 0.6) is 0 Å². The van der Waals surface area contributed by atoms with Crippen molar-refractivity contribution in [2.45, 2.75) is 19.4 Å². The molecule has 0 radical (unpaired) electrons. The largest absolute Gasteiger partial charge is 0.465 e. The van der Waals surface area contributed by atoms with Gasteiger partial charge in [0.05, 0.1) is 6.26 Å². The quantitative estimate of drug-likeness (QED) is 0.699. The van der Waals surface area contributed by atoms with Gasteiger partial charge >= 0.3 is 0 Å². The lowest BCUT2D eigenvalue weighted by molar-refractivity contribution is 0.556. The highest BCUT2D eigenvalue weighted by Gasteiger charge is 1.94. The highest BCUT2D eigenvalue weighted by Crippen LogP contribution is 2.01. The molecule has 0 fully saturated rings. The molecular weight excluding hydrogens is 174 g/mol. The molecule has 1 heterocycles. The molecule has 0 bridgehead atoms. The fraction of sp³-hybridized carbons (Fsp3) is 0.333. The van der Waals surface area contributed by atoms with Crippen LogP contribution in [-0.4, -0.2) is 12.6 Å². The summed E-state index contributed by atoms with van der Waals surface area (Å²) in [7, 11) is 0. The Morgan fingerprint density at radius 3 is 3.14 bits per heavy atom. The zero-order valence-corrected chi connectivity index (χ0v) is 8.57. The summed E-state index contributed by atoms with van der Waals surface area (Å²) in [5.41, 5.74) is 0. The van der Waals surface area contributed by atoms with Gasteiger partial charge in [-0.05, 0) is 31.6 Å². The molecule has 2 heteroatoms. The van der Waals surface area contributed by atoms with Crippen molar-refractivity contribution >= 4 is 6.08 Å². The van der Waals surface area contributed by atoms with E-state index in [0.717, 1.165) is 18.7 Å². The Morgan fingerprint density at radius 1 is 1.64 bits per heavy atom. The van der Waals surface area contributed by atoms with E-state index < -0.39 is 0 Å². The summed E-state index contributed by atoms with van der Waals surface area (Å²) in [4.78, 5) is 0. The summed E-state index contributed by atoms with van der Waals surface area (Å²) in [6.07, 6.45) is 8.61. The van der Waals surface area contributed by atoms with Crippen LogP contribution in [0.3, 0.4) is 0 Å². The van der Waals surface area contributed by atoms with Gasteiger partial charge in [-0.25, -0.2) is 0 Å². The number of furan rings is 1. The van der Waals surface area contributed by atoms with Gasteiger partial charge in [0.25, 0.3) is 0 Å². The topological polar surface area (TPSA) is 25.2 Å². The first-order valence-corrected chi connectivity index (χ1v) is 4.87. The molecule has 0 amide bonds. The van der Waals surface area contributed by atoms with Crippen LogP contribution in [0.15, 0.2) is 41.5 Å². The van der Waals surface area contributed by atoms with E-state index in [1.54, 1.807) is 6.26 Å². The Morgan fingerprint density at radius 2 is 2.50 bits per heavy atom. The maximum Gasteiger partial charge on any atom is 0.126 e. The second-order valence-corrected chi connectivity index (χ2v) is 3.25. The Labute approximate surface area is 85.3 Å². The van der Waals surface area contributed by atoms with Gasteiger partial charge in [-0.3, -0.25) is 0 Å². The summed E-state index contributed by atoms with van der Waals surface area (Å²) in [6.45, 7) is 6.69. The first-order chi connectivity index (χ1) is 6.83. The smallest absolute Gasteiger partial charge is 0.126 e. The zero-order chi connectivity index (χ0) is 10.2. The third-order valence-electron chi connectivity index (χ3n) is 1.93.